The molecule has 1 atom stereocenters. The van der Waals surface area contributed by atoms with Gasteiger partial charge < -0.3 is 5.32 Å². The van der Waals surface area contributed by atoms with Crippen LogP contribution in [0.3, 0.4) is 0 Å². The van der Waals surface area contributed by atoms with Gasteiger partial charge in [-0.3, -0.25) is 4.79 Å². The van der Waals surface area contributed by atoms with E-state index in [9.17, 15) is 21.6 Å². The van der Waals surface area contributed by atoms with Crippen molar-refractivity contribution in [1.82, 2.24) is 10.0 Å². The number of amides is 1. The second-order valence-corrected chi connectivity index (χ2v) is 9.40. The summed E-state index contributed by atoms with van der Waals surface area (Å²) in [5, 5.41) is 11.0. The molecule has 1 saturated heterocycles. The van der Waals surface area contributed by atoms with Gasteiger partial charge in [0.2, 0.25) is 10.0 Å². The molecule has 0 aromatic heterocycles. The number of hydrogen-bond acceptors (Lipinski definition) is 6. The number of nitriles is 1. The van der Waals surface area contributed by atoms with Crippen LogP contribution in [0.25, 0.3) is 0 Å². The molecule has 0 spiro atoms. The van der Waals surface area contributed by atoms with Crippen molar-refractivity contribution in [2.45, 2.75) is 23.8 Å². The molecule has 1 aromatic carbocycles. The number of sulfone groups is 1. The van der Waals surface area contributed by atoms with Crippen LogP contribution in [0.1, 0.15) is 23.2 Å². The minimum atomic E-state index is -3.81. The number of carbonyl (C=O) groups is 1. The quantitative estimate of drug-likeness (QED) is 0.665. The molecule has 0 bridgehead atoms. The molecule has 1 aromatic rings. The van der Waals surface area contributed by atoms with Gasteiger partial charge in [0.05, 0.1) is 22.5 Å². The largest absolute Gasteiger partial charge is 0.348 e. The van der Waals surface area contributed by atoms with Crippen molar-refractivity contribution in [2.75, 3.05) is 18.1 Å². The minimum absolute atomic E-state index is 0.0187. The second kappa shape index (κ2) is 7.29. The van der Waals surface area contributed by atoms with Crippen LogP contribution in [-0.2, 0) is 19.9 Å². The van der Waals surface area contributed by atoms with E-state index in [1.165, 1.54) is 24.3 Å². The first kappa shape index (κ1) is 18.4. The molecule has 0 radical (unpaired) electrons. The normalized spacial score (nSPS) is 19.5. The zero-order valence-electron chi connectivity index (χ0n) is 12.7. The first-order valence-corrected chi connectivity index (χ1v) is 10.5. The summed E-state index contributed by atoms with van der Waals surface area (Å²) in [7, 11) is -6.93. The molecule has 8 nitrogen and oxygen atoms in total. The third-order valence-electron chi connectivity index (χ3n) is 3.50. The van der Waals surface area contributed by atoms with Gasteiger partial charge in [-0.2, -0.15) is 5.26 Å². The average Bonchev–Trinajstić information content (AvgIpc) is 2.86. The van der Waals surface area contributed by atoms with Crippen LogP contribution in [0.15, 0.2) is 29.2 Å². The fourth-order valence-corrected chi connectivity index (χ4v) is 5.06. The molecule has 24 heavy (non-hydrogen) atoms. The fraction of sp³-hybridized carbons (Fsp3) is 0.429. The van der Waals surface area contributed by atoms with E-state index >= 15 is 0 Å². The van der Waals surface area contributed by atoms with Gasteiger partial charge in [-0.25, -0.2) is 21.6 Å². The van der Waals surface area contributed by atoms with Crippen LogP contribution >= 0.6 is 0 Å². The number of carbonyl (C=O) groups excluding carboxylic acids is 1. The van der Waals surface area contributed by atoms with Crippen molar-refractivity contribution in [3.05, 3.63) is 29.8 Å². The molecule has 2 N–H and O–H groups in total. The van der Waals surface area contributed by atoms with Crippen LogP contribution in [0.2, 0.25) is 0 Å². The van der Waals surface area contributed by atoms with Gasteiger partial charge in [-0.15, -0.1) is 0 Å². The Kier molecular flexibility index (Phi) is 5.58. The first-order valence-electron chi connectivity index (χ1n) is 7.21. The molecule has 1 fully saturated rings. The Hall–Kier alpha value is -1.96. The molecule has 1 unspecified atom stereocenters. The highest BCUT2D eigenvalue weighted by Gasteiger charge is 2.29. The Morgan fingerprint density at radius 3 is 2.75 bits per heavy atom. The summed E-state index contributed by atoms with van der Waals surface area (Å²) in [6.07, 6.45) is 0.386. The predicted molar refractivity (Wildman–Crippen MR) is 86.4 cm³/mol. The van der Waals surface area contributed by atoms with Crippen molar-refractivity contribution >= 4 is 25.8 Å². The standard InChI is InChI=1S/C14H17N3O5S2/c15-6-2-7-16-24(21,22)13-4-1-3-11(9-13)14(18)17-12-5-8-23(19,20)10-12/h1,3-4,9,12,16H,2,5,7-8,10H2,(H,17,18). The number of rotatable bonds is 6. The summed E-state index contributed by atoms with van der Waals surface area (Å²) < 4.78 is 49.2. The number of sulfonamides is 1. The van der Waals surface area contributed by atoms with E-state index in [2.05, 4.69) is 10.0 Å². The number of nitrogens with one attached hydrogen (secondary N) is 2. The van der Waals surface area contributed by atoms with E-state index in [0.29, 0.717) is 6.42 Å². The molecule has 0 saturated carbocycles. The highest BCUT2D eigenvalue weighted by atomic mass is 32.2. The van der Waals surface area contributed by atoms with E-state index in [0.717, 1.165) is 0 Å². The molecule has 1 aliphatic heterocycles. The molecule has 130 valence electrons. The summed E-state index contributed by atoms with van der Waals surface area (Å²) in [5.41, 5.74) is 0.127. The summed E-state index contributed by atoms with van der Waals surface area (Å²) in [5.74, 6) is -0.590. The lowest BCUT2D eigenvalue weighted by atomic mass is 10.2. The zero-order valence-corrected chi connectivity index (χ0v) is 14.4. The highest BCUT2D eigenvalue weighted by molar-refractivity contribution is 7.91. The molecule has 1 amide bonds. The maximum atomic E-state index is 12.2. The molecule has 1 heterocycles. The van der Waals surface area contributed by atoms with Crippen LogP contribution in [0.5, 0.6) is 0 Å². The SMILES string of the molecule is N#CCCNS(=O)(=O)c1cccc(C(=O)NC2CCS(=O)(=O)C2)c1. The van der Waals surface area contributed by atoms with E-state index < -0.39 is 31.8 Å². The Bertz CT molecular complexity index is 872. The number of hydrogen-bond donors (Lipinski definition) is 2. The third-order valence-corrected chi connectivity index (χ3v) is 6.73. The van der Waals surface area contributed by atoms with E-state index in [4.69, 9.17) is 5.26 Å². The van der Waals surface area contributed by atoms with Gasteiger partial charge in [0, 0.05) is 24.6 Å². The van der Waals surface area contributed by atoms with Crippen molar-refractivity contribution in [3.63, 3.8) is 0 Å². The van der Waals surface area contributed by atoms with Crippen molar-refractivity contribution in [3.8, 4) is 6.07 Å². The average molecular weight is 371 g/mol. The molecular formula is C14H17N3O5S2. The Morgan fingerprint density at radius 1 is 1.38 bits per heavy atom. The lowest BCUT2D eigenvalue weighted by molar-refractivity contribution is 0.0941. The van der Waals surface area contributed by atoms with Gasteiger partial charge >= 0.3 is 0 Å². The monoisotopic (exact) mass is 371 g/mol. The zero-order chi connectivity index (χ0) is 17.8. The molecule has 1 aliphatic rings. The van der Waals surface area contributed by atoms with Crippen molar-refractivity contribution < 1.29 is 21.6 Å². The summed E-state index contributed by atoms with van der Waals surface area (Å²) in [6, 6.07) is 6.80. The van der Waals surface area contributed by atoms with Crippen LogP contribution in [0.4, 0.5) is 0 Å². The number of nitrogens with zero attached hydrogens (tertiary/aromatic N) is 1. The third kappa shape index (κ3) is 4.77. The Labute approximate surface area is 140 Å². The van der Waals surface area contributed by atoms with Crippen LogP contribution in [0, 0.1) is 11.3 Å². The molecule has 10 heteroatoms. The lowest BCUT2D eigenvalue weighted by Crippen LogP contribution is -2.35. The summed E-state index contributed by atoms with van der Waals surface area (Å²) >= 11 is 0. The van der Waals surface area contributed by atoms with Crippen LogP contribution < -0.4 is 10.0 Å². The number of benzene rings is 1. The minimum Gasteiger partial charge on any atom is -0.348 e. The van der Waals surface area contributed by atoms with Crippen molar-refractivity contribution in [2.24, 2.45) is 0 Å². The van der Waals surface area contributed by atoms with Gasteiger partial charge in [0.15, 0.2) is 9.84 Å². The van der Waals surface area contributed by atoms with E-state index in [1.54, 1.807) is 0 Å². The first-order chi connectivity index (χ1) is 11.2. The van der Waals surface area contributed by atoms with E-state index in [-0.39, 0.29) is 34.9 Å². The van der Waals surface area contributed by atoms with Gasteiger partial charge in [0.25, 0.3) is 5.91 Å². The molecule has 2 rings (SSSR count). The van der Waals surface area contributed by atoms with Crippen molar-refractivity contribution in [1.29, 1.82) is 5.26 Å². The molecule has 0 aliphatic carbocycles. The molecular weight excluding hydrogens is 354 g/mol. The highest BCUT2D eigenvalue weighted by Crippen LogP contribution is 2.14. The smallest absolute Gasteiger partial charge is 0.251 e. The maximum Gasteiger partial charge on any atom is 0.251 e. The second-order valence-electron chi connectivity index (χ2n) is 5.41. The van der Waals surface area contributed by atoms with Gasteiger partial charge in [0.1, 0.15) is 0 Å². The summed E-state index contributed by atoms with van der Waals surface area (Å²) in [4.78, 5) is 12.1. The van der Waals surface area contributed by atoms with Gasteiger partial charge in [-0.1, -0.05) is 6.07 Å². The Morgan fingerprint density at radius 2 is 2.12 bits per heavy atom. The predicted octanol–water partition coefficient (Wildman–Crippen LogP) is -0.205. The maximum absolute atomic E-state index is 12.2. The fourth-order valence-electron chi connectivity index (χ4n) is 2.31. The Balaban J connectivity index is 2.10. The topological polar surface area (TPSA) is 133 Å². The van der Waals surface area contributed by atoms with E-state index in [1.807, 2.05) is 6.07 Å². The summed E-state index contributed by atoms with van der Waals surface area (Å²) in [6.45, 7) is -0.0187. The van der Waals surface area contributed by atoms with Gasteiger partial charge in [-0.05, 0) is 24.6 Å². The lowest BCUT2D eigenvalue weighted by Gasteiger charge is -2.12. The van der Waals surface area contributed by atoms with Crippen LogP contribution in [-0.4, -0.2) is 46.8 Å².